The van der Waals surface area contributed by atoms with Crippen LogP contribution in [0.1, 0.15) is 10.5 Å². The molecule has 4 aromatic rings. The number of carbonyl (C=O) groups is 1. The van der Waals surface area contributed by atoms with Crippen molar-refractivity contribution in [3.63, 3.8) is 0 Å². The predicted octanol–water partition coefficient (Wildman–Crippen LogP) is 3.37. The number of thiazole rings is 1. The molecule has 0 aliphatic heterocycles. The molecule has 0 unspecified atom stereocenters. The number of hydrogen-bond donors (Lipinski definition) is 5. The summed E-state index contributed by atoms with van der Waals surface area (Å²) in [5, 5.41) is 32.6. The fourth-order valence-electron chi connectivity index (χ4n) is 2.68. The number of fused-ring (bicyclic) bond motifs is 1. The van der Waals surface area contributed by atoms with Crippen LogP contribution in [0.25, 0.3) is 22.2 Å². The quantitative estimate of drug-likeness (QED) is 0.192. The molecular weight excluding hydrogens is 398 g/mol. The van der Waals surface area contributed by atoms with Gasteiger partial charge >= 0.3 is 0 Å². The predicted molar refractivity (Wildman–Crippen MR) is 107 cm³/mol. The van der Waals surface area contributed by atoms with E-state index < -0.39 is 10.8 Å². The Labute approximate surface area is 166 Å². The molecule has 1 amide bonds. The lowest BCUT2D eigenvalue weighted by atomic mass is 10.1. The zero-order valence-corrected chi connectivity index (χ0v) is 15.4. The molecule has 0 bridgehead atoms. The Balaban J connectivity index is 1.46. The minimum atomic E-state index is -0.504. The van der Waals surface area contributed by atoms with Crippen molar-refractivity contribution in [1.29, 1.82) is 0 Å². The van der Waals surface area contributed by atoms with Gasteiger partial charge in [-0.1, -0.05) is 0 Å². The number of nitro benzene ring substituents is 1. The Morgan fingerprint density at radius 3 is 2.72 bits per heavy atom. The molecular formula is C18H13N5O5S. The van der Waals surface area contributed by atoms with Crippen molar-refractivity contribution in [3.05, 3.63) is 63.7 Å². The minimum Gasteiger partial charge on any atom is -0.504 e. The van der Waals surface area contributed by atoms with E-state index in [-0.39, 0.29) is 22.9 Å². The van der Waals surface area contributed by atoms with Crippen molar-refractivity contribution >= 4 is 39.0 Å². The summed E-state index contributed by atoms with van der Waals surface area (Å²) in [5.41, 5.74) is 7.00. The van der Waals surface area contributed by atoms with E-state index in [0.717, 1.165) is 0 Å². The number of nitrogens with zero attached hydrogens (tertiary/aromatic N) is 2. The van der Waals surface area contributed by atoms with Crippen molar-refractivity contribution in [2.24, 2.45) is 0 Å². The third kappa shape index (κ3) is 3.66. The van der Waals surface area contributed by atoms with E-state index in [2.05, 4.69) is 20.8 Å². The summed E-state index contributed by atoms with van der Waals surface area (Å²) < 4.78 is 0. The Bertz CT molecular complexity index is 1250. The molecule has 29 heavy (non-hydrogen) atoms. The van der Waals surface area contributed by atoms with Gasteiger partial charge in [0.15, 0.2) is 11.5 Å². The highest BCUT2D eigenvalue weighted by Crippen LogP contribution is 2.32. The molecule has 0 radical (unpaired) electrons. The summed E-state index contributed by atoms with van der Waals surface area (Å²) in [6.45, 7) is 0. The van der Waals surface area contributed by atoms with Crippen LogP contribution in [0.4, 0.5) is 10.8 Å². The lowest BCUT2D eigenvalue weighted by molar-refractivity contribution is -0.384. The number of hydrazine groups is 1. The molecule has 2 aromatic carbocycles. The maximum Gasteiger partial charge on any atom is 0.286 e. The normalized spacial score (nSPS) is 10.8. The number of aromatic hydroxyl groups is 2. The van der Waals surface area contributed by atoms with Gasteiger partial charge in [-0.25, -0.2) is 4.98 Å². The number of phenols is 2. The SMILES string of the molecule is O=C(NNc1nc(-c2ccc(O)c(O)c2)cs1)c1cc2ccc([N+](=O)[O-])cc2[nH]1. The number of aromatic amines is 1. The van der Waals surface area contributed by atoms with Gasteiger partial charge in [-0.05, 0) is 30.3 Å². The van der Waals surface area contributed by atoms with Gasteiger partial charge in [-0.3, -0.25) is 25.8 Å². The highest BCUT2D eigenvalue weighted by molar-refractivity contribution is 7.14. The summed E-state index contributed by atoms with van der Waals surface area (Å²) in [6, 6.07) is 10.2. The van der Waals surface area contributed by atoms with Gasteiger partial charge in [-0.2, -0.15) is 0 Å². The van der Waals surface area contributed by atoms with E-state index >= 15 is 0 Å². The molecule has 10 nitrogen and oxygen atoms in total. The summed E-state index contributed by atoms with van der Waals surface area (Å²) in [6.07, 6.45) is 0. The van der Waals surface area contributed by atoms with Gasteiger partial charge in [0.05, 0.1) is 16.1 Å². The molecule has 0 aliphatic carbocycles. The van der Waals surface area contributed by atoms with Crippen molar-refractivity contribution in [2.75, 3.05) is 5.43 Å². The average Bonchev–Trinajstić information content (AvgIpc) is 3.34. The number of benzene rings is 2. The fourth-order valence-corrected chi connectivity index (χ4v) is 3.35. The monoisotopic (exact) mass is 411 g/mol. The van der Waals surface area contributed by atoms with Crippen LogP contribution in [0.3, 0.4) is 0 Å². The molecule has 4 rings (SSSR count). The topological polar surface area (TPSA) is 153 Å². The number of hydrogen-bond acceptors (Lipinski definition) is 8. The standard InChI is InChI=1S/C18H13N5O5S/c24-15-4-2-10(6-16(15)25)14-8-29-18(20-14)22-21-17(26)13-5-9-1-3-11(23(27)28)7-12(9)19-13/h1-8,19,24-25H,(H,20,22)(H,21,26). The molecule has 146 valence electrons. The molecule has 2 aromatic heterocycles. The van der Waals surface area contributed by atoms with Crippen molar-refractivity contribution in [1.82, 2.24) is 15.4 Å². The third-order valence-electron chi connectivity index (χ3n) is 4.12. The van der Waals surface area contributed by atoms with Crippen molar-refractivity contribution < 1.29 is 19.9 Å². The van der Waals surface area contributed by atoms with Gasteiger partial charge in [-0.15, -0.1) is 11.3 Å². The van der Waals surface area contributed by atoms with Crippen LogP contribution in [-0.4, -0.2) is 31.0 Å². The van der Waals surface area contributed by atoms with Crippen molar-refractivity contribution in [3.8, 4) is 22.8 Å². The summed E-state index contributed by atoms with van der Waals surface area (Å²) in [5.74, 6) is -0.946. The lowest BCUT2D eigenvalue weighted by Crippen LogP contribution is -2.29. The number of nitro groups is 1. The van der Waals surface area contributed by atoms with Crippen LogP contribution in [0.5, 0.6) is 11.5 Å². The van der Waals surface area contributed by atoms with E-state index in [9.17, 15) is 25.1 Å². The second-order valence-corrected chi connectivity index (χ2v) is 6.89. The maximum absolute atomic E-state index is 12.3. The number of aromatic nitrogens is 2. The first kappa shape index (κ1) is 18.3. The van der Waals surface area contributed by atoms with Gasteiger partial charge in [0.25, 0.3) is 11.6 Å². The molecule has 0 fully saturated rings. The van der Waals surface area contributed by atoms with E-state index in [0.29, 0.717) is 27.3 Å². The maximum atomic E-state index is 12.3. The smallest absolute Gasteiger partial charge is 0.286 e. The second-order valence-electron chi connectivity index (χ2n) is 6.03. The van der Waals surface area contributed by atoms with Gasteiger partial charge in [0.1, 0.15) is 5.69 Å². The number of phenolic OH excluding ortho intramolecular Hbond substituents is 2. The Hall–Kier alpha value is -4.12. The zero-order chi connectivity index (χ0) is 20.5. The van der Waals surface area contributed by atoms with Crippen LogP contribution in [0.2, 0.25) is 0 Å². The Morgan fingerprint density at radius 2 is 1.97 bits per heavy atom. The van der Waals surface area contributed by atoms with E-state index in [1.807, 2.05) is 0 Å². The highest BCUT2D eigenvalue weighted by atomic mass is 32.1. The van der Waals surface area contributed by atoms with Crippen LogP contribution in [-0.2, 0) is 0 Å². The minimum absolute atomic E-state index is 0.0694. The van der Waals surface area contributed by atoms with Crippen LogP contribution < -0.4 is 10.9 Å². The highest BCUT2D eigenvalue weighted by Gasteiger charge is 2.13. The summed E-state index contributed by atoms with van der Waals surface area (Å²) >= 11 is 1.24. The van der Waals surface area contributed by atoms with E-state index in [1.54, 1.807) is 23.6 Å². The van der Waals surface area contributed by atoms with Gasteiger partial charge < -0.3 is 15.2 Å². The molecule has 0 saturated heterocycles. The third-order valence-corrected chi connectivity index (χ3v) is 4.88. The number of H-pyrrole nitrogens is 1. The van der Waals surface area contributed by atoms with Crippen LogP contribution >= 0.6 is 11.3 Å². The average molecular weight is 411 g/mol. The molecule has 0 spiro atoms. The van der Waals surface area contributed by atoms with Crippen molar-refractivity contribution in [2.45, 2.75) is 0 Å². The fraction of sp³-hybridized carbons (Fsp3) is 0. The van der Waals surface area contributed by atoms with E-state index in [4.69, 9.17) is 0 Å². The molecule has 2 heterocycles. The molecule has 0 aliphatic rings. The second kappa shape index (κ2) is 7.13. The molecule has 11 heteroatoms. The lowest BCUT2D eigenvalue weighted by Gasteiger charge is -2.04. The van der Waals surface area contributed by atoms with Gasteiger partial charge in [0.2, 0.25) is 5.13 Å². The summed E-state index contributed by atoms with van der Waals surface area (Å²) in [7, 11) is 0. The van der Waals surface area contributed by atoms with E-state index in [1.165, 1.54) is 35.6 Å². The molecule has 0 saturated carbocycles. The number of amides is 1. The number of non-ortho nitro benzene ring substituents is 1. The first-order valence-electron chi connectivity index (χ1n) is 8.22. The molecule has 0 atom stereocenters. The van der Waals surface area contributed by atoms with Crippen LogP contribution in [0.15, 0.2) is 47.8 Å². The van der Waals surface area contributed by atoms with Gasteiger partial charge in [0, 0.05) is 28.5 Å². The largest absolute Gasteiger partial charge is 0.504 e. The van der Waals surface area contributed by atoms with Crippen LogP contribution in [0, 0.1) is 10.1 Å². The summed E-state index contributed by atoms with van der Waals surface area (Å²) in [4.78, 5) is 29.8. The number of anilines is 1. The number of rotatable bonds is 5. The molecule has 5 N–H and O–H groups in total. The first-order chi connectivity index (χ1) is 13.9. The zero-order valence-electron chi connectivity index (χ0n) is 14.5. The first-order valence-corrected chi connectivity index (χ1v) is 9.10. The Morgan fingerprint density at radius 1 is 1.14 bits per heavy atom. The Kier molecular flexibility index (Phi) is 4.49. The number of nitrogens with one attached hydrogen (secondary N) is 3. The number of carbonyl (C=O) groups excluding carboxylic acids is 1.